The molecule has 0 aliphatic heterocycles. The summed E-state index contributed by atoms with van der Waals surface area (Å²) in [4.78, 5) is 6.87. The molecule has 1 fully saturated rings. The molecule has 3 nitrogen and oxygen atoms in total. The Bertz CT molecular complexity index is 434. The molecule has 1 heterocycles. The van der Waals surface area contributed by atoms with E-state index >= 15 is 0 Å². The molecule has 1 aromatic heterocycles. The first kappa shape index (κ1) is 16.4. The third-order valence-electron chi connectivity index (χ3n) is 5.20. The van der Waals surface area contributed by atoms with Gasteiger partial charge >= 0.3 is 0 Å². The van der Waals surface area contributed by atoms with Crippen molar-refractivity contribution in [2.45, 2.75) is 64.0 Å². The number of aromatic nitrogens is 1. The molecule has 0 radical (unpaired) electrons. The van der Waals surface area contributed by atoms with Crippen LogP contribution in [0.25, 0.3) is 0 Å². The van der Waals surface area contributed by atoms with Crippen LogP contribution in [0.5, 0.6) is 0 Å². The number of hydrogen-bond acceptors (Lipinski definition) is 3. The minimum atomic E-state index is 0.209. The van der Waals surface area contributed by atoms with Gasteiger partial charge in [0.25, 0.3) is 0 Å². The molecule has 0 amide bonds. The van der Waals surface area contributed by atoms with E-state index in [9.17, 15) is 0 Å². The minimum absolute atomic E-state index is 0.209. The summed E-state index contributed by atoms with van der Waals surface area (Å²) in [5.41, 5.74) is 2.93. The lowest BCUT2D eigenvalue weighted by Gasteiger charge is -2.46. The van der Waals surface area contributed by atoms with Crippen LogP contribution in [-0.2, 0) is 0 Å². The predicted octanol–water partition coefficient (Wildman–Crippen LogP) is 3.70. The Morgan fingerprint density at radius 2 is 1.90 bits per heavy atom. The highest BCUT2D eigenvalue weighted by Gasteiger charge is 2.41. The van der Waals surface area contributed by atoms with Crippen molar-refractivity contribution in [1.82, 2.24) is 15.2 Å². The fraction of sp³-hybridized carbons (Fsp3) is 0.722. The number of pyridine rings is 1. The normalized spacial score (nSPS) is 20.2. The maximum absolute atomic E-state index is 4.40. The van der Waals surface area contributed by atoms with Gasteiger partial charge < -0.3 is 10.2 Å². The van der Waals surface area contributed by atoms with Crippen molar-refractivity contribution in [3.05, 3.63) is 29.6 Å². The second kappa shape index (κ2) is 7.37. The summed E-state index contributed by atoms with van der Waals surface area (Å²) >= 11 is 0. The van der Waals surface area contributed by atoms with E-state index < -0.39 is 0 Å². The van der Waals surface area contributed by atoms with Crippen molar-refractivity contribution >= 4 is 0 Å². The Hall–Kier alpha value is -0.930. The number of likely N-dealkylation sites (N-methyl/N-ethyl adjacent to an activating group) is 2. The fourth-order valence-corrected chi connectivity index (χ4v) is 3.91. The van der Waals surface area contributed by atoms with Crippen LogP contribution in [0, 0.1) is 6.92 Å². The molecule has 118 valence electrons. The van der Waals surface area contributed by atoms with Crippen LogP contribution >= 0.6 is 0 Å². The average molecular weight is 289 g/mol. The summed E-state index contributed by atoms with van der Waals surface area (Å²) in [6.07, 6.45) is 11.9. The molecule has 2 rings (SSSR count). The number of rotatable bonds is 5. The molecule has 1 aliphatic carbocycles. The Morgan fingerprint density at radius 3 is 2.43 bits per heavy atom. The van der Waals surface area contributed by atoms with E-state index in [1.54, 1.807) is 0 Å². The molecule has 1 aromatic rings. The lowest BCUT2D eigenvalue weighted by Crippen LogP contribution is -2.53. The zero-order chi connectivity index (χ0) is 15.3. The van der Waals surface area contributed by atoms with Gasteiger partial charge in [-0.1, -0.05) is 32.6 Å². The molecule has 0 aromatic carbocycles. The average Bonchev–Trinajstić information content (AvgIpc) is 2.72. The highest BCUT2D eigenvalue weighted by molar-refractivity contribution is 5.29. The summed E-state index contributed by atoms with van der Waals surface area (Å²) < 4.78 is 0. The zero-order valence-corrected chi connectivity index (χ0v) is 14.2. The van der Waals surface area contributed by atoms with Gasteiger partial charge in [0.05, 0.1) is 6.04 Å². The van der Waals surface area contributed by atoms with Gasteiger partial charge in [0.2, 0.25) is 0 Å². The molecule has 1 N–H and O–H groups in total. The van der Waals surface area contributed by atoms with Gasteiger partial charge in [0, 0.05) is 17.9 Å². The highest BCUT2D eigenvalue weighted by atomic mass is 15.2. The van der Waals surface area contributed by atoms with Crippen molar-refractivity contribution in [3.8, 4) is 0 Å². The van der Waals surface area contributed by atoms with Gasteiger partial charge in [-0.25, -0.2) is 0 Å². The van der Waals surface area contributed by atoms with Crippen LogP contribution in [0.4, 0.5) is 0 Å². The molecule has 1 saturated carbocycles. The van der Waals surface area contributed by atoms with Gasteiger partial charge in [0.1, 0.15) is 0 Å². The Balaban J connectivity index is 2.43. The maximum Gasteiger partial charge on any atom is 0.0524 e. The Labute approximate surface area is 130 Å². The number of nitrogens with one attached hydrogen (secondary N) is 1. The first-order valence-electron chi connectivity index (χ1n) is 8.43. The SMILES string of the molecule is CCNC(c1cnccc1C)C1(N(C)C)CCCCCC1. The van der Waals surface area contributed by atoms with Crippen LogP contribution < -0.4 is 5.32 Å². The fourth-order valence-electron chi connectivity index (χ4n) is 3.91. The first-order chi connectivity index (χ1) is 10.1. The zero-order valence-electron chi connectivity index (χ0n) is 14.2. The molecule has 1 aliphatic rings. The van der Waals surface area contributed by atoms with Gasteiger partial charge in [-0.2, -0.15) is 0 Å². The molecule has 3 heteroatoms. The maximum atomic E-state index is 4.40. The topological polar surface area (TPSA) is 28.2 Å². The molecular formula is C18H31N3. The van der Waals surface area contributed by atoms with Gasteiger partial charge in [-0.3, -0.25) is 4.98 Å². The molecular weight excluding hydrogens is 258 g/mol. The van der Waals surface area contributed by atoms with E-state index in [-0.39, 0.29) is 5.54 Å². The number of aryl methyl sites for hydroxylation is 1. The standard InChI is InChI=1S/C18H31N3/c1-5-20-17(16-14-19-13-10-15(16)2)18(21(3)4)11-8-6-7-9-12-18/h10,13-14,17,20H,5-9,11-12H2,1-4H3. The van der Waals surface area contributed by atoms with Gasteiger partial charge in [-0.15, -0.1) is 0 Å². The number of nitrogens with zero attached hydrogens (tertiary/aromatic N) is 2. The minimum Gasteiger partial charge on any atom is -0.309 e. The predicted molar refractivity (Wildman–Crippen MR) is 89.5 cm³/mol. The van der Waals surface area contributed by atoms with Crippen molar-refractivity contribution in [2.24, 2.45) is 0 Å². The lowest BCUT2D eigenvalue weighted by molar-refractivity contribution is 0.0803. The molecule has 1 atom stereocenters. The van der Waals surface area contributed by atoms with E-state index in [1.165, 1.54) is 49.7 Å². The van der Waals surface area contributed by atoms with Crippen LogP contribution in [0.15, 0.2) is 18.5 Å². The smallest absolute Gasteiger partial charge is 0.0524 e. The van der Waals surface area contributed by atoms with E-state index in [0.717, 1.165) is 6.54 Å². The van der Waals surface area contributed by atoms with Crippen LogP contribution in [-0.4, -0.2) is 36.1 Å². The molecule has 0 bridgehead atoms. The monoisotopic (exact) mass is 289 g/mol. The Morgan fingerprint density at radius 1 is 1.24 bits per heavy atom. The second-order valence-electron chi connectivity index (χ2n) is 6.64. The van der Waals surface area contributed by atoms with Crippen molar-refractivity contribution in [2.75, 3.05) is 20.6 Å². The van der Waals surface area contributed by atoms with Crippen LogP contribution in [0.2, 0.25) is 0 Å². The molecule has 21 heavy (non-hydrogen) atoms. The summed E-state index contributed by atoms with van der Waals surface area (Å²) in [5.74, 6) is 0. The van der Waals surface area contributed by atoms with E-state index in [1.807, 2.05) is 6.20 Å². The first-order valence-corrected chi connectivity index (χ1v) is 8.43. The van der Waals surface area contributed by atoms with Gasteiger partial charge in [0.15, 0.2) is 0 Å². The quantitative estimate of drug-likeness (QED) is 0.838. The van der Waals surface area contributed by atoms with E-state index in [0.29, 0.717) is 6.04 Å². The van der Waals surface area contributed by atoms with Crippen molar-refractivity contribution < 1.29 is 0 Å². The molecule has 1 unspecified atom stereocenters. The summed E-state index contributed by atoms with van der Waals surface area (Å²) in [7, 11) is 4.50. The second-order valence-corrected chi connectivity index (χ2v) is 6.64. The molecule has 0 spiro atoms. The van der Waals surface area contributed by atoms with Gasteiger partial charge in [-0.05, 0) is 57.6 Å². The Kier molecular flexibility index (Phi) is 5.77. The lowest BCUT2D eigenvalue weighted by atomic mass is 9.77. The third kappa shape index (κ3) is 3.46. The largest absolute Gasteiger partial charge is 0.309 e. The summed E-state index contributed by atoms with van der Waals surface area (Å²) in [6, 6.07) is 2.50. The highest BCUT2D eigenvalue weighted by Crippen LogP contribution is 2.41. The van der Waals surface area contributed by atoms with E-state index in [4.69, 9.17) is 0 Å². The van der Waals surface area contributed by atoms with E-state index in [2.05, 4.69) is 55.4 Å². The third-order valence-corrected chi connectivity index (χ3v) is 5.20. The summed E-state index contributed by atoms with van der Waals surface area (Å²) in [6.45, 7) is 5.41. The summed E-state index contributed by atoms with van der Waals surface area (Å²) in [5, 5.41) is 3.78. The van der Waals surface area contributed by atoms with Crippen LogP contribution in [0.3, 0.4) is 0 Å². The van der Waals surface area contributed by atoms with Crippen LogP contribution in [0.1, 0.15) is 62.6 Å². The number of hydrogen-bond donors (Lipinski definition) is 1. The van der Waals surface area contributed by atoms with Crippen molar-refractivity contribution in [1.29, 1.82) is 0 Å². The molecule has 0 saturated heterocycles. The van der Waals surface area contributed by atoms with Crippen molar-refractivity contribution in [3.63, 3.8) is 0 Å².